The van der Waals surface area contributed by atoms with Crippen LogP contribution in [0.2, 0.25) is 0 Å². The molecule has 0 saturated heterocycles. The summed E-state index contributed by atoms with van der Waals surface area (Å²) < 4.78 is 1.75. The molecule has 0 bridgehead atoms. The Kier molecular flexibility index (Phi) is 3.45. The second-order valence-electron chi connectivity index (χ2n) is 4.42. The van der Waals surface area contributed by atoms with Gasteiger partial charge in [-0.3, -0.25) is 4.68 Å². The first-order chi connectivity index (χ1) is 8.61. The van der Waals surface area contributed by atoms with Crippen molar-refractivity contribution in [3.8, 4) is 0 Å². The maximum absolute atomic E-state index is 4.31. The molecule has 6 nitrogen and oxygen atoms in total. The smallest absolute Gasteiger partial charge is 0.139 e. The Balaban J connectivity index is 2.37. The highest BCUT2D eigenvalue weighted by Gasteiger charge is 2.14. The Bertz CT molecular complexity index is 531. The normalized spacial score (nSPS) is 10.7. The molecule has 0 aromatic carbocycles. The van der Waals surface area contributed by atoms with E-state index in [2.05, 4.69) is 39.5 Å². The second-order valence-corrected chi connectivity index (χ2v) is 4.42. The lowest BCUT2D eigenvalue weighted by Crippen LogP contribution is -2.06. The maximum atomic E-state index is 4.31. The summed E-state index contributed by atoms with van der Waals surface area (Å²) in [5.41, 5.74) is 1.99. The van der Waals surface area contributed by atoms with Crippen LogP contribution in [0.4, 0.5) is 17.3 Å². The van der Waals surface area contributed by atoms with Gasteiger partial charge in [0, 0.05) is 25.9 Å². The molecule has 2 N–H and O–H groups in total. The predicted molar refractivity (Wildman–Crippen MR) is 72.2 cm³/mol. The van der Waals surface area contributed by atoms with E-state index in [1.807, 2.05) is 20.3 Å². The standard InChI is InChI=1S/C12H18N6/c1-8(2)10-11(13-3)14-7-15-12(10)17-9-5-16-18(4)6-9/h5-8H,1-4H3,(H2,13,14,15,17). The van der Waals surface area contributed by atoms with E-state index in [9.17, 15) is 0 Å². The first-order valence-corrected chi connectivity index (χ1v) is 5.90. The van der Waals surface area contributed by atoms with E-state index < -0.39 is 0 Å². The fourth-order valence-corrected chi connectivity index (χ4v) is 1.86. The minimum absolute atomic E-state index is 0.327. The highest BCUT2D eigenvalue weighted by Crippen LogP contribution is 2.29. The largest absolute Gasteiger partial charge is 0.373 e. The zero-order chi connectivity index (χ0) is 13.1. The zero-order valence-electron chi connectivity index (χ0n) is 11.1. The van der Waals surface area contributed by atoms with Gasteiger partial charge in [-0.25, -0.2) is 9.97 Å². The van der Waals surface area contributed by atoms with Crippen LogP contribution < -0.4 is 10.6 Å². The molecule has 2 aromatic heterocycles. The Morgan fingerprint density at radius 2 is 1.94 bits per heavy atom. The highest BCUT2D eigenvalue weighted by molar-refractivity contribution is 5.64. The Morgan fingerprint density at radius 1 is 1.22 bits per heavy atom. The van der Waals surface area contributed by atoms with Crippen LogP contribution in [-0.4, -0.2) is 26.8 Å². The molecule has 0 aliphatic heterocycles. The molecule has 0 aliphatic carbocycles. The van der Waals surface area contributed by atoms with Gasteiger partial charge in [-0.1, -0.05) is 13.8 Å². The zero-order valence-corrected chi connectivity index (χ0v) is 11.1. The third kappa shape index (κ3) is 2.42. The molecule has 0 radical (unpaired) electrons. The Morgan fingerprint density at radius 3 is 2.50 bits per heavy atom. The van der Waals surface area contributed by atoms with E-state index in [0.717, 1.165) is 22.9 Å². The van der Waals surface area contributed by atoms with Crippen LogP contribution in [0.15, 0.2) is 18.7 Å². The van der Waals surface area contributed by atoms with Gasteiger partial charge in [-0.05, 0) is 5.92 Å². The molecule has 6 heteroatoms. The lowest BCUT2D eigenvalue weighted by molar-refractivity contribution is 0.768. The molecule has 0 spiro atoms. The number of aryl methyl sites for hydroxylation is 1. The number of rotatable bonds is 4. The van der Waals surface area contributed by atoms with Gasteiger partial charge < -0.3 is 10.6 Å². The molecule has 0 amide bonds. The quantitative estimate of drug-likeness (QED) is 0.865. The van der Waals surface area contributed by atoms with Crippen molar-refractivity contribution in [1.29, 1.82) is 0 Å². The highest BCUT2D eigenvalue weighted by atomic mass is 15.3. The van der Waals surface area contributed by atoms with Gasteiger partial charge >= 0.3 is 0 Å². The van der Waals surface area contributed by atoms with Gasteiger partial charge in [0.25, 0.3) is 0 Å². The minimum Gasteiger partial charge on any atom is -0.373 e. The molecule has 0 aliphatic rings. The summed E-state index contributed by atoms with van der Waals surface area (Å²) in [7, 11) is 3.75. The molecule has 0 saturated carbocycles. The van der Waals surface area contributed by atoms with Crippen LogP contribution in [0.3, 0.4) is 0 Å². The van der Waals surface area contributed by atoms with Crippen molar-refractivity contribution in [1.82, 2.24) is 19.7 Å². The molecular formula is C12H18N6. The van der Waals surface area contributed by atoms with Crippen LogP contribution in [0.25, 0.3) is 0 Å². The Hall–Kier alpha value is -2.11. The lowest BCUT2D eigenvalue weighted by atomic mass is 10.0. The molecule has 2 rings (SSSR count). The van der Waals surface area contributed by atoms with Crippen molar-refractivity contribution in [3.63, 3.8) is 0 Å². The van der Waals surface area contributed by atoms with Gasteiger partial charge in [-0.15, -0.1) is 0 Å². The van der Waals surface area contributed by atoms with Crippen molar-refractivity contribution < 1.29 is 0 Å². The van der Waals surface area contributed by atoms with Crippen molar-refractivity contribution in [2.24, 2.45) is 7.05 Å². The Labute approximate surface area is 106 Å². The number of anilines is 3. The van der Waals surface area contributed by atoms with Crippen LogP contribution >= 0.6 is 0 Å². The predicted octanol–water partition coefficient (Wildman–Crippen LogP) is 2.12. The summed E-state index contributed by atoms with van der Waals surface area (Å²) in [5.74, 6) is 2.00. The van der Waals surface area contributed by atoms with Crippen molar-refractivity contribution in [2.75, 3.05) is 17.7 Å². The lowest BCUT2D eigenvalue weighted by Gasteiger charge is -2.15. The SMILES string of the molecule is CNc1ncnc(Nc2cnn(C)c2)c1C(C)C. The first-order valence-electron chi connectivity index (χ1n) is 5.90. The van der Waals surface area contributed by atoms with Gasteiger partial charge in [-0.2, -0.15) is 5.10 Å². The topological polar surface area (TPSA) is 67.7 Å². The molecule has 0 unspecified atom stereocenters. The first kappa shape index (κ1) is 12.3. The van der Waals surface area contributed by atoms with E-state index in [-0.39, 0.29) is 0 Å². The summed E-state index contributed by atoms with van der Waals surface area (Å²) in [6, 6.07) is 0. The summed E-state index contributed by atoms with van der Waals surface area (Å²) in [6.07, 6.45) is 5.23. The van der Waals surface area contributed by atoms with Crippen LogP contribution in [-0.2, 0) is 7.05 Å². The number of hydrogen-bond donors (Lipinski definition) is 2. The monoisotopic (exact) mass is 246 g/mol. The van der Waals surface area contributed by atoms with Crippen molar-refractivity contribution in [2.45, 2.75) is 19.8 Å². The summed E-state index contributed by atoms with van der Waals surface area (Å²) >= 11 is 0. The average Bonchev–Trinajstić information content (AvgIpc) is 2.74. The third-order valence-corrected chi connectivity index (χ3v) is 2.67. The van der Waals surface area contributed by atoms with Crippen molar-refractivity contribution >= 4 is 17.3 Å². The van der Waals surface area contributed by atoms with Crippen LogP contribution in [0.5, 0.6) is 0 Å². The van der Waals surface area contributed by atoms with Gasteiger partial charge in [0.1, 0.15) is 18.0 Å². The van der Waals surface area contributed by atoms with E-state index >= 15 is 0 Å². The minimum atomic E-state index is 0.327. The van der Waals surface area contributed by atoms with E-state index in [4.69, 9.17) is 0 Å². The second kappa shape index (κ2) is 5.03. The molecule has 2 heterocycles. The molecule has 0 fully saturated rings. The van der Waals surface area contributed by atoms with Gasteiger partial charge in [0.2, 0.25) is 0 Å². The van der Waals surface area contributed by atoms with Crippen molar-refractivity contribution in [3.05, 3.63) is 24.3 Å². The maximum Gasteiger partial charge on any atom is 0.139 e. The van der Waals surface area contributed by atoms with E-state index in [1.165, 1.54) is 0 Å². The molecule has 0 atom stereocenters. The van der Waals surface area contributed by atoms with Gasteiger partial charge in [0.05, 0.1) is 11.9 Å². The molecule has 2 aromatic rings. The number of aromatic nitrogens is 4. The van der Waals surface area contributed by atoms with Gasteiger partial charge in [0.15, 0.2) is 0 Å². The van der Waals surface area contributed by atoms with Crippen LogP contribution in [0, 0.1) is 0 Å². The van der Waals surface area contributed by atoms with Crippen LogP contribution in [0.1, 0.15) is 25.3 Å². The summed E-state index contributed by atoms with van der Waals surface area (Å²) in [6.45, 7) is 4.24. The van der Waals surface area contributed by atoms with E-state index in [0.29, 0.717) is 5.92 Å². The third-order valence-electron chi connectivity index (χ3n) is 2.67. The summed E-state index contributed by atoms with van der Waals surface area (Å²) in [4.78, 5) is 8.56. The molecule has 18 heavy (non-hydrogen) atoms. The number of hydrogen-bond acceptors (Lipinski definition) is 5. The average molecular weight is 246 g/mol. The summed E-state index contributed by atoms with van der Waals surface area (Å²) in [5, 5.41) is 10.5. The fourth-order valence-electron chi connectivity index (χ4n) is 1.86. The number of nitrogens with zero attached hydrogens (tertiary/aromatic N) is 4. The molecular weight excluding hydrogens is 228 g/mol. The fraction of sp³-hybridized carbons (Fsp3) is 0.417. The molecule has 96 valence electrons. The van der Waals surface area contributed by atoms with E-state index in [1.54, 1.807) is 17.2 Å². The number of nitrogens with one attached hydrogen (secondary N) is 2.